The van der Waals surface area contributed by atoms with Crippen LogP contribution in [0.5, 0.6) is 0 Å². The van der Waals surface area contributed by atoms with Crippen LogP contribution in [0.4, 0.5) is 4.79 Å². The summed E-state index contributed by atoms with van der Waals surface area (Å²) in [6, 6.07) is 18.1. The fraction of sp³-hybridized carbons (Fsp3) is 0.174. The Labute approximate surface area is 178 Å². The van der Waals surface area contributed by atoms with Crippen molar-refractivity contribution < 1.29 is 19.4 Å². The number of nitrogens with one attached hydrogen (secondary N) is 1. The monoisotopic (exact) mass is 422 g/mol. The zero-order valence-corrected chi connectivity index (χ0v) is 16.7. The molecule has 1 heterocycles. The van der Waals surface area contributed by atoms with Crippen molar-refractivity contribution in [1.29, 1.82) is 0 Å². The van der Waals surface area contributed by atoms with Gasteiger partial charge < -0.3 is 15.2 Å². The molecule has 0 bridgehead atoms. The van der Waals surface area contributed by atoms with Crippen LogP contribution in [-0.4, -0.2) is 34.8 Å². The van der Waals surface area contributed by atoms with Gasteiger partial charge in [-0.1, -0.05) is 66.2 Å². The Hall–Kier alpha value is -3.38. The average molecular weight is 423 g/mol. The third kappa shape index (κ3) is 4.14. The minimum Gasteiger partial charge on any atom is -0.480 e. The maximum atomic E-state index is 12.3. The van der Waals surface area contributed by atoms with Crippen LogP contribution in [0, 0.1) is 0 Å². The second-order valence-electron chi connectivity index (χ2n) is 7.05. The van der Waals surface area contributed by atoms with Gasteiger partial charge in [0.25, 0.3) is 0 Å². The standard InChI is InChI=1S/C23H19ClN2O4/c24-21-10-9-14(12-25-21)11-20(22(27)28)26-23(29)30-13-19-17-7-3-1-5-15(17)16-6-2-4-8-18(16)19/h1-10,12,19-20H,11,13H2,(H,26,29)(H,27,28)/t20-/m0/s1. The molecule has 0 spiro atoms. The van der Waals surface area contributed by atoms with Crippen molar-refractivity contribution in [2.24, 2.45) is 0 Å². The Kier molecular flexibility index (Phi) is 5.68. The topological polar surface area (TPSA) is 88.5 Å². The highest BCUT2D eigenvalue weighted by Crippen LogP contribution is 2.44. The second-order valence-corrected chi connectivity index (χ2v) is 7.44. The molecule has 1 aliphatic carbocycles. The first-order valence-electron chi connectivity index (χ1n) is 9.47. The number of rotatable bonds is 6. The van der Waals surface area contributed by atoms with Crippen LogP contribution in [-0.2, 0) is 16.0 Å². The molecule has 0 unspecified atom stereocenters. The number of hydrogen-bond acceptors (Lipinski definition) is 4. The minimum atomic E-state index is -1.15. The Morgan fingerprint density at radius 2 is 1.67 bits per heavy atom. The summed E-state index contributed by atoms with van der Waals surface area (Å²) in [6.07, 6.45) is 0.785. The number of fused-ring (bicyclic) bond motifs is 3. The molecule has 2 aromatic carbocycles. The van der Waals surface area contributed by atoms with E-state index in [1.165, 1.54) is 6.20 Å². The third-order valence-corrected chi connectivity index (χ3v) is 5.39. The average Bonchev–Trinajstić information content (AvgIpc) is 3.07. The normalized spacial score (nSPS) is 13.2. The summed E-state index contributed by atoms with van der Waals surface area (Å²) in [5.74, 6) is -1.25. The van der Waals surface area contributed by atoms with Gasteiger partial charge in [0.2, 0.25) is 0 Å². The van der Waals surface area contributed by atoms with Gasteiger partial charge in [0.15, 0.2) is 0 Å². The Morgan fingerprint density at radius 1 is 1.03 bits per heavy atom. The van der Waals surface area contributed by atoms with E-state index >= 15 is 0 Å². The Balaban J connectivity index is 1.43. The summed E-state index contributed by atoms with van der Waals surface area (Å²) < 4.78 is 5.43. The fourth-order valence-electron chi connectivity index (χ4n) is 3.75. The predicted molar refractivity (Wildman–Crippen MR) is 113 cm³/mol. The van der Waals surface area contributed by atoms with E-state index in [0.717, 1.165) is 22.3 Å². The van der Waals surface area contributed by atoms with Crippen molar-refractivity contribution in [1.82, 2.24) is 10.3 Å². The van der Waals surface area contributed by atoms with Crippen LogP contribution < -0.4 is 5.32 Å². The number of nitrogens with zero attached hydrogens (tertiary/aromatic N) is 1. The summed E-state index contributed by atoms with van der Waals surface area (Å²) >= 11 is 5.75. The van der Waals surface area contributed by atoms with Crippen LogP contribution >= 0.6 is 11.6 Å². The molecule has 2 N–H and O–H groups in total. The van der Waals surface area contributed by atoms with Crippen LogP contribution in [0.15, 0.2) is 66.9 Å². The van der Waals surface area contributed by atoms with E-state index in [-0.39, 0.29) is 18.9 Å². The van der Waals surface area contributed by atoms with Crippen LogP contribution in [0.1, 0.15) is 22.6 Å². The quantitative estimate of drug-likeness (QED) is 0.579. The van der Waals surface area contributed by atoms with Crippen LogP contribution in [0.2, 0.25) is 5.15 Å². The largest absolute Gasteiger partial charge is 0.480 e. The lowest BCUT2D eigenvalue weighted by Gasteiger charge is -2.17. The predicted octanol–water partition coefficient (Wildman–Crippen LogP) is 4.27. The summed E-state index contributed by atoms with van der Waals surface area (Å²) in [7, 11) is 0. The molecule has 0 radical (unpaired) electrons. The van der Waals surface area contributed by atoms with E-state index in [4.69, 9.17) is 16.3 Å². The number of carboxylic acids is 1. The number of aliphatic carboxylic acids is 1. The van der Waals surface area contributed by atoms with Gasteiger partial charge in [-0.2, -0.15) is 0 Å². The highest BCUT2D eigenvalue weighted by Gasteiger charge is 2.29. The van der Waals surface area contributed by atoms with E-state index < -0.39 is 18.1 Å². The number of ether oxygens (including phenoxy) is 1. The zero-order chi connectivity index (χ0) is 21.1. The number of pyridine rings is 1. The van der Waals surface area contributed by atoms with E-state index in [2.05, 4.69) is 22.4 Å². The lowest BCUT2D eigenvalue weighted by atomic mass is 9.98. The zero-order valence-electron chi connectivity index (χ0n) is 15.9. The highest BCUT2D eigenvalue weighted by molar-refractivity contribution is 6.29. The summed E-state index contributed by atoms with van der Waals surface area (Å²) in [6.45, 7) is 0.120. The molecule has 0 fully saturated rings. The number of halogens is 1. The van der Waals surface area contributed by atoms with Crippen molar-refractivity contribution >= 4 is 23.7 Å². The number of carboxylic acid groups (broad SMARTS) is 1. The summed E-state index contributed by atoms with van der Waals surface area (Å²) in [5.41, 5.74) is 5.08. The van der Waals surface area contributed by atoms with Gasteiger partial charge in [-0.15, -0.1) is 0 Å². The van der Waals surface area contributed by atoms with E-state index in [1.54, 1.807) is 12.1 Å². The molecule has 1 amide bonds. The van der Waals surface area contributed by atoms with Crippen molar-refractivity contribution in [2.45, 2.75) is 18.4 Å². The number of aromatic nitrogens is 1. The van der Waals surface area contributed by atoms with Gasteiger partial charge in [0.05, 0.1) is 0 Å². The van der Waals surface area contributed by atoms with E-state index in [9.17, 15) is 14.7 Å². The van der Waals surface area contributed by atoms with Gasteiger partial charge in [-0.25, -0.2) is 14.6 Å². The first kappa shape index (κ1) is 19.9. The summed E-state index contributed by atoms with van der Waals surface area (Å²) in [5, 5.41) is 12.2. The lowest BCUT2D eigenvalue weighted by Crippen LogP contribution is -2.42. The molecule has 0 aliphatic heterocycles. The molecule has 1 atom stereocenters. The second kappa shape index (κ2) is 8.55. The van der Waals surface area contributed by atoms with Gasteiger partial charge in [-0.3, -0.25) is 0 Å². The summed E-state index contributed by atoms with van der Waals surface area (Å²) in [4.78, 5) is 27.9. The van der Waals surface area contributed by atoms with Crippen LogP contribution in [0.3, 0.4) is 0 Å². The smallest absolute Gasteiger partial charge is 0.407 e. The number of alkyl carbamates (subject to hydrolysis) is 1. The fourth-order valence-corrected chi connectivity index (χ4v) is 3.86. The SMILES string of the molecule is O=C(N[C@@H](Cc1ccc(Cl)nc1)C(=O)O)OCC1c2ccccc2-c2ccccc21. The molecule has 6 nitrogen and oxygen atoms in total. The number of amides is 1. The Bertz CT molecular complexity index is 1040. The number of carbonyl (C=O) groups excluding carboxylic acids is 1. The molecule has 152 valence electrons. The van der Waals surface area contributed by atoms with E-state index in [1.807, 2.05) is 36.4 Å². The van der Waals surface area contributed by atoms with Crippen molar-refractivity contribution in [3.05, 3.63) is 88.7 Å². The molecule has 4 rings (SSSR count). The molecule has 7 heteroatoms. The molecule has 1 aliphatic rings. The van der Waals surface area contributed by atoms with Gasteiger partial charge >= 0.3 is 12.1 Å². The molecule has 0 saturated heterocycles. The van der Waals surface area contributed by atoms with Crippen molar-refractivity contribution in [3.63, 3.8) is 0 Å². The maximum absolute atomic E-state index is 12.3. The van der Waals surface area contributed by atoms with Crippen LogP contribution in [0.25, 0.3) is 11.1 Å². The van der Waals surface area contributed by atoms with Crippen molar-refractivity contribution in [3.8, 4) is 11.1 Å². The maximum Gasteiger partial charge on any atom is 0.407 e. The first-order chi connectivity index (χ1) is 14.5. The molecule has 1 aromatic heterocycles. The number of hydrogen-bond donors (Lipinski definition) is 2. The molecular formula is C23H19ClN2O4. The van der Waals surface area contributed by atoms with Crippen molar-refractivity contribution in [2.75, 3.05) is 6.61 Å². The Morgan fingerprint density at radius 3 is 2.23 bits per heavy atom. The third-order valence-electron chi connectivity index (χ3n) is 5.16. The van der Waals surface area contributed by atoms with Gasteiger partial charge in [0, 0.05) is 18.5 Å². The first-order valence-corrected chi connectivity index (χ1v) is 9.85. The van der Waals surface area contributed by atoms with Gasteiger partial charge in [0.1, 0.15) is 17.8 Å². The lowest BCUT2D eigenvalue weighted by molar-refractivity contribution is -0.139. The van der Waals surface area contributed by atoms with E-state index in [0.29, 0.717) is 10.7 Å². The highest BCUT2D eigenvalue weighted by atomic mass is 35.5. The number of benzene rings is 2. The number of carbonyl (C=O) groups is 2. The molecule has 3 aromatic rings. The molecule has 30 heavy (non-hydrogen) atoms. The minimum absolute atomic E-state index is 0.0731. The van der Waals surface area contributed by atoms with Gasteiger partial charge in [-0.05, 0) is 33.9 Å². The molecular weight excluding hydrogens is 404 g/mol. The molecule has 0 saturated carbocycles.